The van der Waals surface area contributed by atoms with Crippen molar-refractivity contribution >= 4 is 12.6 Å². The Morgan fingerprint density at radius 1 is 1.19 bits per heavy atom. The van der Waals surface area contributed by atoms with Gasteiger partial charge in [-0.2, -0.15) is 12.6 Å². The minimum absolute atomic E-state index is 0.359. The van der Waals surface area contributed by atoms with Gasteiger partial charge in [0.1, 0.15) is 0 Å². The molecule has 0 spiro atoms. The normalized spacial score (nSPS) is 43.0. The number of hydrogen-bond acceptors (Lipinski definition) is 1. The van der Waals surface area contributed by atoms with Crippen molar-refractivity contribution in [2.75, 3.05) is 5.75 Å². The molecule has 0 heterocycles. The maximum atomic E-state index is 4.59. The third-order valence-corrected chi connectivity index (χ3v) is 10.1. The Kier molecular flexibility index (Phi) is 7.43. The molecule has 156 valence electrons. The Bertz CT molecular complexity index is 536. The van der Waals surface area contributed by atoms with E-state index in [0.717, 1.165) is 23.5 Å². The van der Waals surface area contributed by atoms with Crippen LogP contribution >= 0.6 is 12.6 Å². The second-order valence-corrected chi connectivity index (χ2v) is 10.9. The predicted octanol–water partition coefficient (Wildman–Crippen LogP) is 8.35. The lowest BCUT2D eigenvalue weighted by molar-refractivity contribution is -0.163. The van der Waals surface area contributed by atoms with E-state index in [9.17, 15) is 0 Å². The topological polar surface area (TPSA) is 0 Å². The summed E-state index contributed by atoms with van der Waals surface area (Å²) in [6.07, 6.45) is 12.7. The molecule has 2 rings (SSSR count). The predicted molar refractivity (Wildman–Crippen MR) is 125 cm³/mol. The van der Waals surface area contributed by atoms with Crippen molar-refractivity contribution in [2.45, 2.75) is 92.9 Å². The van der Waals surface area contributed by atoms with Crippen molar-refractivity contribution in [1.82, 2.24) is 0 Å². The molecule has 0 N–H and O–H groups in total. The number of hydrogen-bond donors (Lipinski definition) is 1. The van der Waals surface area contributed by atoms with E-state index in [2.05, 4.69) is 73.4 Å². The van der Waals surface area contributed by atoms with Crippen molar-refractivity contribution in [3.8, 4) is 0 Å². The van der Waals surface area contributed by atoms with Crippen LogP contribution in [0.15, 0.2) is 24.8 Å². The average molecular weight is 391 g/mol. The van der Waals surface area contributed by atoms with Gasteiger partial charge in [-0.25, -0.2) is 0 Å². The Morgan fingerprint density at radius 2 is 1.85 bits per heavy atom. The Balaban J connectivity index is 2.43. The van der Waals surface area contributed by atoms with Crippen molar-refractivity contribution in [3.05, 3.63) is 24.8 Å². The summed E-state index contributed by atoms with van der Waals surface area (Å²) >= 11 is 4.59. The average Bonchev–Trinajstić information content (AvgIpc) is 2.63. The molecule has 7 atom stereocenters. The maximum Gasteiger partial charge on any atom is 0.0113 e. The van der Waals surface area contributed by atoms with E-state index >= 15 is 0 Å². The molecule has 0 aromatic heterocycles. The molecule has 0 amide bonds. The highest BCUT2D eigenvalue weighted by molar-refractivity contribution is 7.80. The number of fused-ring (bicyclic) bond motifs is 1. The standard InChI is InChI=1S/C26H46S/c1-9-12-21-13-16-25(7)20(5)24(6,22(11-3)19(4)18-27)17-14-23(25)26(21,8)15-10-2/h9,20-23,27H,1,4,10-18H2,2-3,5-8H3. The molecule has 2 fully saturated rings. The molecule has 0 saturated heterocycles. The van der Waals surface area contributed by atoms with E-state index in [1.807, 2.05) is 0 Å². The lowest BCUT2D eigenvalue weighted by atomic mass is 9.39. The highest BCUT2D eigenvalue weighted by atomic mass is 32.1. The van der Waals surface area contributed by atoms with Gasteiger partial charge in [0.05, 0.1) is 0 Å². The molecule has 0 aromatic rings. The van der Waals surface area contributed by atoms with Gasteiger partial charge < -0.3 is 0 Å². The van der Waals surface area contributed by atoms with Gasteiger partial charge in [0.2, 0.25) is 0 Å². The minimum atomic E-state index is 0.359. The quantitative estimate of drug-likeness (QED) is 0.312. The van der Waals surface area contributed by atoms with Gasteiger partial charge >= 0.3 is 0 Å². The first kappa shape index (κ1) is 23.1. The molecule has 2 aliphatic rings. The highest BCUT2D eigenvalue weighted by Gasteiger charge is 2.60. The third-order valence-electron chi connectivity index (χ3n) is 9.65. The van der Waals surface area contributed by atoms with Crippen LogP contribution in [0.25, 0.3) is 0 Å². The van der Waals surface area contributed by atoms with Crippen LogP contribution in [0, 0.1) is 39.9 Å². The smallest absolute Gasteiger partial charge is 0.0113 e. The fourth-order valence-corrected chi connectivity index (χ4v) is 8.16. The summed E-state index contributed by atoms with van der Waals surface area (Å²) in [4.78, 5) is 0. The molecular weight excluding hydrogens is 344 g/mol. The van der Waals surface area contributed by atoms with Gasteiger partial charge in [-0.15, -0.1) is 6.58 Å². The lowest BCUT2D eigenvalue weighted by Crippen LogP contribution is -2.58. The van der Waals surface area contributed by atoms with Gasteiger partial charge in [0.25, 0.3) is 0 Å². The molecular formula is C26H46S. The molecule has 27 heavy (non-hydrogen) atoms. The molecule has 1 heteroatoms. The van der Waals surface area contributed by atoms with Gasteiger partial charge in [-0.3, -0.25) is 0 Å². The van der Waals surface area contributed by atoms with Gasteiger partial charge in [0.15, 0.2) is 0 Å². The van der Waals surface area contributed by atoms with E-state index in [4.69, 9.17) is 0 Å². The molecule has 0 aliphatic heterocycles. The summed E-state index contributed by atoms with van der Waals surface area (Å²) in [5.41, 5.74) is 2.62. The summed E-state index contributed by atoms with van der Waals surface area (Å²) in [7, 11) is 0. The Morgan fingerprint density at radius 3 is 2.37 bits per heavy atom. The second-order valence-electron chi connectivity index (χ2n) is 10.6. The fourth-order valence-electron chi connectivity index (χ4n) is 7.94. The number of thiol groups is 1. The largest absolute Gasteiger partial charge is 0.175 e. The van der Waals surface area contributed by atoms with E-state index in [1.54, 1.807) is 0 Å². The summed E-state index contributed by atoms with van der Waals surface area (Å²) in [6.45, 7) is 23.7. The SMILES string of the molecule is C=CCC1CCC2(C)C(C)C(C)(C(CC)C(=C)CS)CCC2C1(C)CCC. The van der Waals surface area contributed by atoms with E-state index in [1.165, 1.54) is 56.9 Å². The second kappa shape index (κ2) is 8.68. The van der Waals surface area contributed by atoms with Gasteiger partial charge in [-0.1, -0.05) is 66.2 Å². The van der Waals surface area contributed by atoms with Crippen molar-refractivity contribution in [1.29, 1.82) is 0 Å². The summed E-state index contributed by atoms with van der Waals surface area (Å²) in [6, 6.07) is 0. The summed E-state index contributed by atoms with van der Waals surface area (Å²) < 4.78 is 0. The lowest BCUT2D eigenvalue weighted by Gasteiger charge is -2.66. The van der Waals surface area contributed by atoms with Crippen LogP contribution in [0.3, 0.4) is 0 Å². The van der Waals surface area contributed by atoms with E-state index in [0.29, 0.717) is 22.2 Å². The van der Waals surface area contributed by atoms with E-state index in [-0.39, 0.29) is 0 Å². The summed E-state index contributed by atoms with van der Waals surface area (Å²) in [5.74, 6) is 3.82. The zero-order valence-corrected chi connectivity index (χ0v) is 20.0. The van der Waals surface area contributed by atoms with E-state index < -0.39 is 0 Å². The van der Waals surface area contributed by atoms with Crippen LogP contribution in [0.1, 0.15) is 92.9 Å². The van der Waals surface area contributed by atoms with Crippen LogP contribution in [-0.4, -0.2) is 5.75 Å². The first-order valence-electron chi connectivity index (χ1n) is 11.5. The van der Waals surface area contributed by atoms with Crippen LogP contribution < -0.4 is 0 Å². The van der Waals surface area contributed by atoms with Crippen LogP contribution in [0.4, 0.5) is 0 Å². The zero-order valence-electron chi connectivity index (χ0n) is 19.1. The molecule has 0 bridgehead atoms. The monoisotopic (exact) mass is 390 g/mol. The summed E-state index contributed by atoms with van der Waals surface area (Å²) in [5, 5.41) is 0. The third kappa shape index (κ3) is 3.72. The van der Waals surface area contributed by atoms with Crippen LogP contribution in [0.2, 0.25) is 0 Å². The molecule has 2 aliphatic carbocycles. The van der Waals surface area contributed by atoms with Gasteiger partial charge in [-0.05, 0) is 84.9 Å². The highest BCUT2D eigenvalue weighted by Crippen LogP contribution is 2.68. The first-order valence-corrected chi connectivity index (χ1v) is 12.2. The maximum absolute atomic E-state index is 4.59. The van der Waals surface area contributed by atoms with Crippen molar-refractivity contribution in [2.24, 2.45) is 39.9 Å². The number of allylic oxidation sites excluding steroid dienone is 1. The first-order chi connectivity index (χ1) is 12.7. The minimum Gasteiger partial charge on any atom is -0.175 e. The molecule has 0 nitrogen and oxygen atoms in total. The molecule has 2 saturated carbocycles. The van der Waals surface area contributed by atoms with Crippen molar-refractivity contribution < 1.29 is 0 Å². The van der Waals surface area contributed by atoms with Gasteiger partial charge in [0, 0.05) is 5.75 Å². The Labute approximate surface area is 176 Å². The molecule has 0 radical (unpaired) electrons. The number of rotatable bonds is 8. The fraction of sp³-hybridized carbons (Fsp3) is 0.846. The molecule has 0 aromatic carbocycles. The van der Waals surface area contributed by atoms with Crippen LogP contribution in [0.5, 0.6) is 0 Å². The zero-order chi connectivity index (χ0) is 20.5. The Hall–Kier alpha value is -0.170. The molecule has 7 unspecified atom stereocenters. The van der Waals surface area contributed by atoms with Crippen LogP contribution in [-0.2, 0) is 0 Å². The van der Waals surface area contributed by atoms with Crippen molar-refractivity contribution in [3.63, 3.8) is 0 Å².